The molecule has 0 aliphatic heterocycles. The quantitative estimate of drug-likeness (QED) is 0.375. The molecule has 110 valence electrons. The number of rotatable bonds is 3. The largest absolute Gasteiger partial charge is 0.512 e. The Balaban J connectivity index is 2.63. The third-order valence-electron chi connectivity index (χ3n) is 3.28. The highest BCUT2D eigenvalue weighted by molar-refractivity contribution is 6.36. The van der Waals surface area contributed by atoms with Gasteiger partial charge in [-0.2, -0.15) is 0 Å². The van der Waals surface area contributed by atoms with Gasteiger partial charge in [0.1, 0.15) is 11.3 Å². The molecule has 0 atom stereocenters. The summed E-state index contributed by atoms with van der Waals surface area (Å²) in [6.07, 6.45) is 0. The highest BCUT2D eigenvalue weighted by Gasteiger charge is 2.57. The number of hydrogen-bond acceptors (Lipinski definition) is 6. The van der Waals surface area contributed by atoms with E-state index in [1.165, 1.54) is 31.2 Å². The van der Waals surface area contributed by atoms with E-state index in [1.807, 2.05) is 0 Å². The lowest BCUT2D eigenvalue weighted by Crippen LogP contribution is -2.46. The number of benzene rings is 1. The molecule has 0 bridgehead atoms. The van der Waals surface area contributed by atoms with Crippen molar-refractivity contribution >= 4 is 17.5 Å². The first-order valence-corrected chi connectivity index (χ1v) is 6.34. The average molecular weight is 290 g/mol. The van der Waals surface area contributed by atoms with Gasteiger partial charge in [-0.25, -0.2) is 4.79 Å². The molecule has 0 heterocycles. The number of allylic oxidation sites excluding steroid dienone is 1. The first-order valence-electron chi connectivity index (χ1n) is 6.34. The van der Waals surface area contributed by atoms with Crippen LogP contribution in [0.3, 0.4) is 0 Å². The minimum atomic E-state index is -2.74. The Morgan fingerprint density at radius 2 is 1.67 bits per heavy atom. The van der Waals surface area contributed by atoms with E-state index in [4.69, 9.17) is 4.74 Å². The van der Waals surface area contributed by atoms with Crippen molar-refractivity contribution in [1.29, 1.82) is 0 Å². The first kappa shape index (κ1) is 14.9. The van der Waals surface area contributed by atoms with Crippen molar-refractivity contribution in [2.75, 3.05) is 6.61 Å². The Hall–Kier alpha value is -2.47. The summed E-state index contributed by atoms with van der Waals surface area (Å²) in [5.41, 5.74) is -3.47. The molecule has 0 unspecified atom stereocenters. The normalized spacial score (nSPS) is 17.3. The zero-order chi connectivity index (χ0) is 15.8. The molecular formula is C15H14O6. The van der Waals surface area contributed by atoms with Gasteiger partial charge >= 0.3 is 5.97 Å². The van der Waals surface area contributed by atoms with Crippen LogP contribution in [0.5, 0.6) is 0 Å². The molecule has 1 aliphatic rings. The minimum Gasteiger partial charge on any atom is -0.512 e. The van der Waals surface area contributed by atoms with Crippen LogP contribution in [-0.4, -0.2) is 40.0 Å². The highest BCUT2D eigenvalue weighted by atomic mass is 16.5. The smallest absolute Gasteiger partial charge is 0.341 e. The van der Waals surface area contributed by atoms with E-state index in [0.717, 1.165) is 6.92 Å². The summed E-state index contributed by atoms with van der Waals surface area (Å²) in [5.74, 6) is -3.63. The summed E-state index contributed by atoms with van der Waals surface area (Å²) >= 11 is 0. The number of aliphatic hydroxyl groups excluding tert-OH is 1. The molecule has 0 spiro atoms. The van der Waals surface area contributed by atoms with Crippen molar-refractivity contribution in [3.8, 4) is 0 Å². The monoisotopic (exact) mass is 290 g/mol. The second-order valence-electron chi connectivity index (χ2n) is 4.60. The topological polar surface area (TPSA) is 101 Å². The molecule has 0 amide bonds. The maximum atomic E-state index is 12.4. The van der Waals surface area contributed by atoms with Crippen LogP contribution < -0.4 is 0 Å². The van der Waals surface area contributed by atoms with Crippen LogP contribution in [0, 0.1) is 0 Å². The minimum absolute atomic E-state index is 0.00745. The predicted octanol–water partition coefficient (Wildman–Crippen LogP) is 1.19. The number of carbonyl (C=O) groups excluding carboxylic acids is 3. The Kier molecular flexibility index (Phi) is 3.65. The van der Waals surface area contributed by atoms with Crippen molar-refractivity contribution in [2.45, 2.75) is 19.4 Å². The van der Waals surface area contributed by atoms with E-state index in [9.17, 15) is 24.6 Å². The number of hydrogen-bond donors (Lipinski definition) is 2. The summed E-state index contributed by atoms with van der Waals surface area (Å²) in [6.45, 7) is 2.61. The predicted molar refractivity (Wildman–Crippen MR) is 72.0 cm³/mol. The average Bonchev–Trinajstić information content (AvgIpc) is 2.62. The highest BCUT2D eigenvalue weighted by Crippen LogP contribution is 2.36. The fraction of sp³-hybridized carbons (Fsp3) is 0.267. The number of ether oxygens (including phenoxy) is 1. The number of ketones is 2. The van der Waals surface area contributed by atoms with E-state index in [1.54, 1.807) is 0 Å². The second kappa shape index (κ2) is 5.14. The molecule has 2 rings (SSSR count). The number of Topliss-reactive ketones (excluding diaryl/α,β-unsaturated/α-hetero) is 2. The van der Waals surface area contributed by atoms with E-state index in [2.05, 4.69) is 0 Å². The van der Waals surface area contributed by atoms with Gasteiger partial charge in [-0.15, -0.1) is 0 Å². The molecule has 0 saturated carbocycles. The Bertz CT molecular complexity index is 631. The Morgan fingerprint density at radius 3 is 2.05 bits per heavy atom. The van der Waals surface area contributed by atoms with Crippen LogP contribution in [0.1, 0.15) is 34.6 Å². The Labute approximate surface area is 120 Å². The molecular weight excluding hydrogens is 276 g/mol. The van der Waals surface area contributed by atoms with Crippen molar-refractivity contribution in [3.63, 3.8) is 0 Å². The van der Waals surface area contributed by atoms with Gasteiger partial charge in [0.2, 0.25) is 17.2 Å². The molecule has 6 nitrogen and oxygen atoms in total. The summed E-state index contributed by atoms with van der Waals surface area (Å²) in [4.78, 5) is 36.6. The zero-order valence-corrected chi connectivity index (χ0v) is 11.5. The summed E-state index contributed by atoms with van der Waals surface area (Å²) in [7, 11) is 0. The molecule has 21 heavy (non-hydrogen) atoms. The van der Waals surface area contributed by atoms with E-state index in [0.29, 0.717) is 0 Å². The van der Waals surface area contributed by atoms with Crippen molar-refractivity contribution in [3.05, 3.63) is 46.7 Å². The lowest BCUT2D eigenvalue weighted by atomic mass is 9.87. The maximum absolute atomic E-state index is 12.4. The van der Waals surface area contributed by atoms with E-state index < -0.39 is 34.5 Å². The zero-order valence-electron chi connectivity index (χ0n) is 11.5. The number of aliphatic hydroxyl groups is 2. The SMILES string of the molecule is CCOC(=O)/C(=C(\C)O)C1(O)C(=O)c2ccccc2C1=O. The van der Waals surface area contributed by atoms with Gasteiger partial charge in [0, 0.05) is 11.1 Å². The number of carbonyl (C=O) groups is 3. The first-order chi connectivity index (χ1) is 9.85. The van der Waals surface area contributed by atoms with E-state index in [-0.39, 0.29) is 17.7 Å². The molecule has 1 aromatic rings. The summed E-state index contributed by atoms with van der Waals surface area (Å²) in [5, 5.41) is 20.2. The molecule has 0 saturated heterocycles. The molecule has 2 N–H and O–H groups in total. The van der Waals surface area contributed by atoms with Gasteiger partial charge in [0.05, 0.1) is 6.61 Å². The standard InChI is InChI=1S/C15H14O6/c1-3-21-14(19)11(8(2)16)15(20)12(17)9-6-4-5-7-10(9)13(15)18/h4-7,16,20H,3H2,1-2H3/b11-8-. The summed E-state index contributed by atoms with van der Waals surface area (Å²) in [6, 6.07) is 5.83. The van der Waals surface area contributed by atoms with Gasteiger partial charge in [0.15, 0.2) is 0 Å². The third-order valence-corrected chi connectivity index (χ3v) is 3.28. The lowest BCUT2D eigenvalue weighted by molar-refractivity contribution is -0.140. The lowest BCUT2D eigenvalue weighted by Gasteiger charge is -2.21. The number of fused-ring (bicyclic) bond motifs is 1. The molecule has 0 aromatic heterocycles. The van der Waals surface area contributed by atoms with Crippen molar-refractivity contribution in [1.82, 2.24) is 0 Å². The van der Waals surface area contributed by atoms with Crippen molar-refractivity contribution < 1.29 is 29.3 Å². The van der Waals surface area contributed by atoms with Crippen LogP contribution in [0.4, 0.5) is 0 Å². The van der Waals surface area contributed by atoms with Gasteiger partial charge in [-0.05, 0) is 13.8 Å². The van der Waals surface area contributed by atoms with Crippen molar-refractivity contribution in [2.24, 2.45) is 0 Å². The molecule has 0 radical (unpaired) electrons. The third kappa shape index (κ3) is 2.04. The molecule has 1 aliphatic carbocycles. The van der Waals surface area contributed by atoms with Crippen LogP contribution in [0.2, 0.25) is 0 Å². The summed E-state index contributed by atoms with van der Waals surface area (Å²) < 4.78 is 4.72. The second-order valence-corrected chi connectivity index (χ2v) is 4.60. The molecule has 1 aromatic carbocycles. The molecule has 6 heteroatoms. The van der Waals surface area contributed by atoms with Crippen LogP contribution in [-0.2, 0) is 9.53 Å². The maximum Gasteiger partial charge on any atom is 0.341 e. The van der Waals surface area contributed by atoms with Gasteiger partial charge in [-0.1, -0.05) is 24.3 Å². The van der Waals surface area contributed by atoms with Gasteiger partial charge in [-0.3, -0.25) is 9.59 Å². The van der Waals surface area contributed by atoms with Gasteiger partial charge < -0.3 is 14.9 Å². The Morgan fingerprint density at radius 1 is 1.19 bits per heavy atom. The van der Waals surface area contributed by atoms with Gasteiger partial charge in [0.25, 0.3) is 0 Å². The van der Waals surface area contributed by atoms with E-state index >= 15 is 0 Å². The van der Waals surface area contributed by atoms with Crippen LogP contribution in [0.25, 0.3) is 0 Å². The fourth-order valence-electron chi connectivity index (χ4n) is 2.36. The number of esters is 1. The van der Waals surface area contributed by atoms with Crippen LogP contribution >= 0.6 is 0 Å². The molecule has 0 fully saturated rings. The fourth-order valence-corrected chi connectivity index (χ4v) is 2.36. The van der Waals surface area contributed by atoms with Crippen LogP contribution in [0.15, 0.2) is 35.6 Å².